The molecule has 33 heavy (non-hydrogen) atoms. The number of hydrogen-bond donors (Lipinski definition) is 2. The van der Waals surface area contributed by atoms with Crippen LogP contribution in [0, 0.1) is 10.8 Å². The summed E-state index contributed by atoms with van der Waals surface area (Å²) in [7, 11) is 0. The van der Waals surface area contributed by atoms with Crippen LogP contribution in [0.2, 0.25) is 0 Å². The van der Waals surface area contributed by atoms with E-state index in [1.54, 1.807) is 12.1 Å². The lowest BCUT2D eigenvalue weighted by Crippen LogP contribution is -2.34. The minimum atomic E-state index is -0.457. The molecule has 6 heteroatoms. The van der Waals surface area contributed by atoms with Crippen molar-refractivity contribution in [3.05, 3.63) is 58.4 Å². The Morgan fingerprint density at radius 1 is 1.18 bits per heavy atom. The van der Waals surface area contributed by atoms with Crippen molar-refractivity contribution >= 4 is 22.0 Å². The summed E-state index contributed by atoms with van der Waals surface area (Å²) in [5, 5.41) is 11.5. The third-order valence-corrected chi connectivity index (χ3v) is 7.51. The van der Waals surface area contributed by atoms with Gasteiger partial charge in [-0.05, 0) is 60.4 Å². The second-order valence-electron chi connectivity index (χ2n) is 11.2. The van der Waals surface area contributed by atoms with Crippen molar-refractivity contribution in [3.63, 3.8) is 0 Å². The molecule has 1 saturated carbocycles. The van der Waals surface area contributed by atoms with Gasteiger partial charge < -0.3 is 14.5 Å². The first-order valence-corrected chi connectivity index (χ1v) is 11.7. The lowest BCUT2D eigenvalue weighted by atomic mass is 9.65. The molecule has 0 unspecified atom stereocenters. The second kappa shape index (κ2) is 6.94. The predicted molar refractivity (Wildman–Crippen MR) is 129 cm³/mol. The smallest absolute Gasteiger partial charge is 0.347 e. The fraction of sp³-hybridized carbons (Fsp3) is 0.407. The number of benzene rings is 2. The van der Waals surface area contributed by atoms with Crippen molar-refractivity contribution in [3.8, 4) is 17.1 Å². The topological polar surface area (TPSA) is 82.4 Å². The Kier molecular flexibility index (Phi) is 4.31. The van der Waals surface area contributed by atoms with Crippen LogP contribution in [0.15, 0.2) is 51.7 Å². The van der Waals surface area contributed by atoms with Crippen molar-refractivity contribution in [2.24, 2.45) is 10.8 Å². The summed E-state index contributed by atoms with van der Waals surface area (Å²) in [5.41, 5.74) is 3.37. The number of nitrogens with zero attached hydrogens (tertiary/aromatic N) is 2. The van der Waals surface area contributed by atoms with Crippen LogP contribution >= 0.6 is 0 Å². The molecule has 170 valence electrons. The maximum Gasteiger partial charge on any atom is 0.347 e. The molecule has 4 aromatic rings. The molecule has 1 saturated heterocycles. The number of imidazole rings is 1. The number of aromatic hydroxyl groups is 1. The minimum absolute atomic E-state index is 0.174. The van der Waals surface area contributed by atoms with Crippen molar-refractivity contribution in [1.82, 2.24) is 14.9 Å². The molecule has 2 aromatic carbocycles. The number of aromatic amines is 1. The van der Waals surface area contributed by atoms with E-state index in [2.05, 4.69) is 35.6 Å². The van der Waals surface area contributed by atoms with Gasteiger partial charge in [-0.25, -0.2) is 9.78 Å². The third-order valence-electron chi connectivity index (χ3n) is 7.51. The quantitative estimate of drug-likeness (QED) is 0.412. The van der Waals surface area contributed by atoms with Gasteiger partial charge in [-0.2, -0.15) is 0 Å². The van der Waals surface area contributed by atoms with Crippen molar-refractivity contribution in [2.75, 3.05) is 6.54 Å². The Bertz CT molecular complexity index is 1420. The van der Waals surface area contributed by atoms with Gasteiger partial charge >= 0.3 is 5.63 Å². The fourth-order valence-corrected chi connectivity index (χ4v) is 6.59. The van der Waals surface area contributed by atoms with Crippen molar-refractivity contribution < 1.29 is 9.52 Å². The van der Waals surface area contributed by atoms with E-state index in [-0.39, 0.29) is 5.75 Å². The summed E-state index contributed by atoms with van der Waals surface area (Å²) < 4.78 is 5.84. The van der Waals surface area contributed by atoms with Gasteiger partial charge in [0, 0.05) is 24.5 Å². The molecule has 3 heterocycles. The highest BCUT2D eigenvalue weighted by atomic mass is 16.4. The summed E-state index contributed by atoms with van der Waals surface area (Å²) in [4.78, 5) is 23.2. The van der Waals surface area contributed by atoms with E-state index in [9.17, 15) is 9.90 Å². The molecule has 2 atom stereocenters. The maximum absolute atomic E-state index is 13.0. The summed E-state index contributed by atoms with van der Waals surface area (Å²) in [6, 6.07) is 13.5. The molecule has 2 aliphatic rings. The number of aromatic nitrogens is 2. The standard InChI is InChI=1S/C27H29N3O3/c1-26(2)11-17-12-27(3,14-26)15-30(17)13-19-22(31)9-8-16-10-18(25(32)33-23(16)19)24-28-20-6-4-5-7-21(20)29-24/h4-10,17,31H,11-15H2,1-3H3,(H,28,29)/t17-,27-/m0/s1. The van der Waals surface area contributed by atoms with E-state index in [4.69, 9.17) is 4.42 Å². The number of likely N-dealkylation sites (tertiary alicyclic amines) is 1. The molecule has 0 amide bonds. The number of hydrogen-bond acceptors (Lipinski definition) is 5. The highest BCUT2D eigenvalue weighted by Crippen LogP contribution is 2.53. The Hall–Kier alpha value is -3.12. The average Bonchev–Trinajstić information content (AvgIpc) is 3.27. The Labute approximate surface area is 192 Å². The number of phenolic OH excluding ortho intramolecular Hbond substituents is 1. The highest BCUT2D eigenvalue weighted by molar-refractivity contribution is 5.86. The fourth-order valence-electron chi connectivity index (χ4n) is 6.59. The number of fused-ring (bicyclic) bond motifs is 4. The Morgan fingerprint density at radius 3 is 2.82 bits per heavy atom. The molecule has 6 rings (SSSR count). The molecule has 2 N–H and O–H groups in total. The second-order valence-corrected chi connectivity index (χ2v) is 11.2. The molecule has 0 spiro atoms. The Morgan fingerprint density at radius 2 is 2.00 bits per heavy atom. The van der Waals surface area contributed by atoms with Gasteiger partial charge in [0.15, 0.2) is 0 Å². The van der Waals surface area contributed by atoms with Gasteiger partial charge in [-0.1, -0.05) is 32.9 Å². The predicted octanol–water partition coefficient (Wildman–Crippen LogP) is 5.44. The summed E-state index contributed by atoms with van der Waals surface area (Å²) in [5.74, 6) is 0.665. The largest absolute Gasteiger partial charge is 0.507 e. The zero-order valence-corrected chi connectivity index (χ0v) is 19.3. The van der Waals surface area contributed by atoms with Crippen LogP contribution in [0.4, 0.5) is 0 Å². The third kappa shape index (κ3) is 3.44. The van der Waals surface area contributed by atoms with Crippen molar-refractivity contribution in [1.29, 1.82) is 0 Å². The van der Waals surface area contributed by atoms with Gasteiger partial charge in [0.2, 0.25) is 0 Å². The number of para-hydroxylation sites is 2. The molecule has 2 aromatic heterocycles. The van der Waals surface area contributed by atoms with E-state index in [1.807, 2.05) is 30.3 Å². The molecule has 2 bridgehead atoms. The minimum Gasteiger partial charge on any atom is -0.507 e. The van der Waals surface area contributed by atoms with Crippen LogP contribution in [0.25, 0.3) is 33.4 Å². The molecule has 1 aliphatic heterocycles. The summed E-state index contributed by atoms with van der Waals surface area (Å²) in [6.07, 6.45) is 3.54. The van der Waals surface area contributed by atoms with Crippen LogP contribution in [0.5, 0.6) is 5.75 Å². The first-order valence-electron chi connectivity index (χ1n) is 11.7. The molecule has 2 fully saturated rings. The van der Waals surface area contributed by atoms with Crippen LogP contribution in [0.1, 0.15) is 45.6 Å². The van der Waals surface area contributed by atoms with Gasteiger partial charge in [0.1, 0.15) is 22.7 Å². The maximum atomic E-state index is 13.0. The lowest BCUT2D eigenvalue weighted by molar-refractivity contribution is 0.126. The van der Waals surface area contributed by atoms with E-state index in [0.717, 1.165) is 29.4 Å². The normalized spacial score (nSPS) is 24.6. The number of H-pyrrole nitrogens is 1. The number of phenols is 1. The number of nitrogens with one attached hydrogen (secondary N) is 1. The van der Waals surface area contributed by atoms with E-state index < -0.39 is 5.63 Å². The molecule has 1 aliphatic carbocycles. The zero-order valence-electron chi connectivity index (χ0n) is 19.3. The zero-order chi connectivity index (χ0) is 23.0. The highest BCUT2D eigenvalue weighted by Gasteiger charge is 2.49. The molecule has 0 radical (unpaired) electrons. The van der Waals surface area contributed by atoms with Gasteiger partial charge in [-0.3, -0.25) is 4.90 Å². The van der Waals surface area contributed by atoms with E-state index >= 15 is 0 Å². The average molecular weight is 444 g/mol. The van der Waals surface area contributed by atoms with E-state index in [1.165, 1.54) is 12.8 Å². The van der Waals surface area contributed by atoms with Gasteiger partial charge in [-0.15, -0.1) is 0 Å². The van der Waals surface area contributed by atoms with Crippen LogP contribution in [-0.2, 0) is 6.54 Å². The Balaban J connectivity index is 1.40. The monoisotopic (exact) mass is 443 g/mol. The van der Waals surface area contributed by atoms with Gasteiger partial charge in [0.25, 0.3) is 0 Å². The number of rotatable bonds is 3. The SMILES string of the molecule is CC1(C)C[C@H]2C[C@](C)(CN2Cc2c(O)ccc3cc(-c4nc5ccccc5[nH]4)c(=O)oc23)C1. The molecular weight excluding hydrogens is 414 g/mol. The van der Waals surface area contributed by atoms with Crippen molar-refractivity contribution in [2.45, 2.75) is 52.6 Å². The summed E-state index contributed by atoms with van der Waals surface area (Å²) >= 11 is 0. The molecular formula is C27H29N3O3. The molecule has 6 nitrogen and oxygen atoms in total. The van der Waals surface area contributed by atoms with E-state index in [0.29, 0.717) is 46.0 Å². The summed E-state index contributed by atoms with van der Waals surface area (Å²) in [6.45, 7) is 8.66. The van der Waals surface area contributed by atoms with Crippen LogP contribution in [0.3, 0.4) is 0 Å². The van der Waals surface area contributed by atoms with Gasteiger partial charge in [0.05, 0.1) is 16.6 Å². The lowest BCUT2D eigenvalue weighted by Gasteiger charge is -2.40. The van der Waals surface area contributed by atoms with Crippen LogP contribution in [-0.4, -0.2) is 32.6 Å². The van der Waals surface area contributed by atoms with Crippen LogP contribution < -0.4 is 5.63 Å². The first-order chi connectivity index (χ1) is 15.7. The first kappa shape index (κ1) is 20.5.